The number of methoxy groups -OCH3 is 1. The maximum atomic E-state index is 11.8. The third-order valence-corrected chi connectivity index (χ3v) is 3.40. The van der Waals surface area contributed by atoms with Gasteiger partial charge in [-0.2, -0.15) is 5.10 Å². The number of hydrogen-bond acceptors (Lipinski definition) is 7. The Morgan fingerprint density at radius 3 is 2.56 bits per heavy atom. The van der Waals surface area contributed by atoms with Crippen LogP contribution in [0.15, 0.2) is 47.6 Å². The maximum absolute atomic E-state index is 11.8. The second-order valence-corrected chi connectivity index (χ2v) is 5.42. The SMILES string of the molecule is COC(=O)c1ccc(/C=N/NC(=O)COc2ccc(C)cc2[N+](=O)[O-])cc1. The quantitative estimate of drug-likeness (QED) is 0.345. The molecule has 0 atom stereocenters. The third-order valence-electron chi connectivity index (χ3n) is 3.40. The number of hydrogen-bond donors (Lipinski definition) is 1. The van der Waals surface area contributed by atoms with E-state index >= 15 is 0 Å². The van der Waals surface area contributed by atoms with E-state index in [2.05, 4.69) is 15.3 Å². The van der Waals surface area contributed by atoms with Crippen molar-refractivity contribution in [2.24, 2.45) is 5.10 Å². The Bertz CT molecular complexity index is 877. The topological polar surface area (TPSA) is 120 Å². The van der Waals surface area contributed by atoms with Gasteiger partial charge in [0.05, 0.1) is 23.8 Å². The molecule has 0 aliphatic rings. The van der Waals surface area contributed by atoms with Crippen molar-refractivity contribution in [2.45, 2.75) is 6.92 Å². The predicted molar refractivity (Wildman–Crippen MR) is 96.8 cm³/mol. The Labute approximate surface area is 154 Å². The van der Waals surface area contributed by atoms with E-state index in [0.29, 0.717) is 16.7 Å². The molecule has 2 rings (SSSR count). The fourth-order valence-electron chi connectivity index (χ4n) is 2.07. The van der Waals surface area contributed by atoms with Crippen LogP contribution in [0.3, 0.4) is 0 Å². The Kier molecular flexibility index (Phi) is 6.59. The molecule has 2 aromatic rings. The summed E-state index contributed by atoms with van der Waals surface area (Å²) < 4.78 is 9.79. The minimum absolute atomic E-state index is 0.00290. The number of nitrogens with zero attached hydrogens (tertiary/aromatic N) is 2. The Morgan fingerprint density at radius 1 is 1.22 bits per heavy atom. The van der Waals surface area contributed by atoms with Gasteiger partial charge in [-0.25, -0.2) is 10.2 Å². The molecule has 9 nitrogen and oxygen atoms in total. The van der Waals surface area contributed by atoms with Crippen molar-refractivity contribution in [3.05, 3.63) is 69.3 Å². The average Bonchev–Trinajstić information content (AvgIpc) is 2.66. The van der Waals surface area contributed by atoms with Gasteiger partial charge in [-0.05, 0) is 36.2 Å². The van der Waals surface area contributed by atoms with Crippen LogP contribution in [0.2, 0.25) is 0 Å². The zero-order valence-electron chi connectivity index (χ0n) is 14.7. The minimum Gasteiger partial charge on any atom is -0.477 e. The average molecular weight is 371 g/mol. The van der Waals surface area contributed by atoms with Gasteiger partial charge in [-0.15, -0.1) is 0 Å². The highest BCUT2D eigenvalue weighted by Gasteiger charge is 2.16. The van der Waals surface area contributed by atoms with Crippen molar-refractivity contribution in [2.75, 3.05) is 13.7 Å². The Hall–Kier alpha value is -3.75. The molecule has 140 valence electrons. The van der Waals surface area contributed by atoms with Crippen LogP contribution in [0.1, 0.15) is 21.5 Å². The van der Waals surface area contributed by atoms with Crippen LogP contribution < -0.4 is 10.2 Å². The monoisotopic (exact) mass is 371 g/mol. The first-order valence-electron chi connectivity index (χ1n) is 7.79. The van der Waals surface area contributed by atoms with E-state index in [1.54, 1.807) is 37.3 Å². The summed E-state index contributed by atoms with van der Waals surface area (Å²) in [4.78, 5) is 33.5. The summed E-state index contributed by atoms with van der Waals surface area (Å²) in [6.45, 7) is 1.29. The first-order chi connectivity index (χ1) is 12.9. The number of esters is 1. The number of nitro groups is 1. The van der Waals surface area contributed by atoms with E-state index in [4.69, 9.17) is 4.74 Å². The maximum Gasteiger partial charge on any atom is 0.337 e. The van der Waals surface area contributed by atoms with Crippen LogP contribution in [0, 0.1) is 17.0 Å². The molecule has 0 heterocycles. The summed E-state index contributed by atoms with van der Waals surface area (Å²) in [5.74, 6) is -1.02. The zero-order chi connectivity index (χ0) is 19.8. The zero-order valence-corrected chi connectivity index (χ0v) is 14.7. The van der Waals surface area contributed by atoms with Crippen molar-refractivity contribution < 1.29 is 24.0 Å². The van der Waals surface area contributed by atoms with Crippen LogP contribution in [0.5, 0.6) is 5.75 Å². The van der Waals surface area contributed by atoms with Crippen LogP contribution in [-0.4, -0.2) is 36.7 Å². The summed E-state index contributed by atoms with van der Waals surface area (Å²) in [6, 6.07) is 10.8. The summed E-state index contributed by atoms with van der Waals surface area (Å²) in [7, 11) is 1.29. The van der Waals surface area contributed by atoms with Crippen molar-refractivity contribution in [1.82, 2.24) is 5.43 Å². The number of carbonyl (C=O) groups excluding carboxylic acids is 2. The van der Waals surface area contributed by atoms with Crippen LogP contribution in [-0.2, 0) is 9.53 Å². The van der Waals surface area contributed by atoms with Gasteiger partial charge in [-0.1, -0.05) is 18.2 Å². The van der Waals surface area contributed by atoms with E-state index in [9.17, 15) is 19.7 Å². The van der Waals surface area contributed by atoms with Crippen molar-refractivity contribution >= 4 is 23.8 Å². The van der Waals surface area contributed by atoms with Gasteiger partial charge >= 0.3 is 11.7 Å². The van der Waals surface area contributed by atoms with Crippen molar-refractivity contribution in [3.63, 3.8) is 0 Å². The van der Waals surface area contributed by atoms with Crippen LogP contribution in [0.4, 0.5) is 5.69 Å². The van der Waals surface area contributed by atoms with Gasteiger partial charge in [0.25, 0.3) is 5.91 Å². The predicted octanol–water partition coefficient (Wildman–Crippen LogP) is 2.22. The van der Waals surface area contributed by atoms with E-state index in [0.717, 1.165) is 0 Å². The molecule has 9 heteroatoms. The molecule has 1 N–H and O–H groups in total. The van der Waals surface area contributed by atoms with E-state index in [1.165, 1.54) is 25.5 Å². The summed E-state index contributed by atoms with van der Waals surface area (Å²) >= 11 is 0. The van der Waals surface area contributed by atoms with E-state index in [1.807, 2.05) is 0 Å². The Balaban J connectivity index is 1.89. The molecule has 0 radical (unpaired) electrons. The molecule has 0 bridgehead atoms. The van der Waals surface area contributed by atoms with E-state index in [-0.39, 0.29) is 11.4 Å². The highest BCUT2D eigenvalue weighted by Crippen LogP contribution is 2.27. The molecule has 0 aromatic heterocycles. The number of hydrazone groups is 1. The molecule has 0 fully saturated rings. The molecule has 0 unspecified atom stereocenters. The molecular formula is C18H17N3O6. The molecule has 0 spiro atoms. The van der Waals surface area contributed by atoms with Gasteiger partial charge in [0.1, 0.15) is 0 Å². The van der Waals surface area contributed by atoms with E-state index < -0.39 is 23.4 Å². The largest absolute Gasteiger partial charge is 0.477 e. The van der Waals surface area contributed by atoms with Gasteiger partial charge in [0, 0.05) is 6.07 Å². The van der Waals surface area contributed by atoms with Crippen molar-refractivity contribution in [3.8, 4) is 5.75 Å². The van der Waals surface area contributed by atoms with Gasteiger partial charge in [0.15, 0.2) is 12.4 Å². The molecule has 0 saturated heterocycles. The van der Waals surface area contributed by atoms with Crippen LogP contribution >= 0.6 is 0 Å². The summed E-state index contributed by atoms with van der Waals surface area (Å²) in [5.41, 5.74) is 3.80. The molecular weight excluding hydrogens is 354 g/mol. The van der Waals surface area contributed by atoms with Gasteiger partial charge in [-0.3, -0.25) is 14.9 Å². The number of nitrogens with one attached hydrogen (secondary N) is 1. The molecule has 0 aliphatic heterocycles. The number of benzene rings is 2. The normalized spacial score (nSPS) is 10.4. The molecule has 0 saturated carbocycles. The number of ether oxygens (including phenoxy) is 2. The van der Waals surface area contributed by atoms with Gasteiger partial charge < -0.3 is 9.47 Å². The molecule has 0 aliphatic carbocycles. The third kappa shape index (κ3) is 5.63. The fourth-order valence-corrected chi connectivity index (χ4v) is 2.07. The lowest BCUT2D eigenvalue weighted by molar-refractivity contribution is -0.385. The summed E-state index contributed by atoms with van der Waals surface area (Å²) in [5, 5.41) is 14.8. The first-order valence-corrected chi connectivity index (χ1v) is 7.79. The van der Waals surface area contributed by atoms with Crippen molar-refractivity contribution in [1.29, 1.82) is 0 Å². The van der Waals surface area contributed by atoms with Gasteiger partial charge in [0.2, 0.25) is 0 Å². The number of nitro benzene ring substituents is 1. The smallest absolute Gasteiger partial charge is 0.337 e. The number of amides is 1. The van der Waals surface area contributed by atoms with Crippen LogP contribution in [0.25, 0.3) is 0 Å². The standard InChI is InChI=1S/C18H17N3O6/c1-12-3-8-16(15(9-12)21(24)25)27-11-17(22)20-19-10-13-4-6-14(7-5-13)18(23)26-2/h3-10H,11H2,1-2H3,(H,20,22)/b19-10+. The molecule has 27 heavy (non-hydrogen) atoms. The molecule has 2 aromatic carbocycles. The minimum atomic E-state index is -0.577. The highest BCUT2D eigenvalue weighted by atomic mass is 16.6. The highest BCUT2D eigenvalue weighted by molar-refractivity contribution is 5.90. The number of rotatable bonds is 7. The fraction of sp³-hybridized carbons (Fsp3) is 0.167. The number of aryl methyl sites for hydroxylation is 1. The summed E-state index contributed by atoms with van der Waals surface area (Å²) in [6.07, 6.45) is 1.38. The Morgan fingerprint density at radius 2 is 1.93 bits per heavy atom. The second kappa shape index (κ2) is 9.09. The first kappa shape index (κ1) is 19.6. The second-order valence-electron chi connectivity index (χ2n) is 5.42. The lowest BCUT2D eigenvalue weighted by atomic mass is 10.1. The molecule has 1 amide bonds. The number of carbonyl (C=O) groups is 2. The lowest BCUT2D eigenvalue weighted by Gasteiger charge is -2.06. The lowest BCUT2D eigenvalue weighted by Crippen LogP contribution is -2.24.